The third kappa shape index (κ3) is 2.12. The number of benzene rings is 1. The maximum absolute atomic E-state index is 12.8. The summed E-state index contributed by atoms with van der Waals surface area (Å²) >= 11 is 1.67. The van der Waals surface area contributed by atoms with Gasteiger partial charge in [-0.1, -0.05) is 19.1 Å². The number of thiazole rings is 1. The summed E-state index contributed by atoms with van der Waals surface area (Å²) in [5.41, 5.74) is 2.65. The number of nitrogens with one attached hydrogen (secondary N) is 1. The van der Waals surface area contributed by atoms with Crippen LogP contribution >= 0.6 is 11.3 Å². The zero-order valence-electron chi connectivity index (χ0n) is 11.9. The number of hydrogen-bond donors (Lipinski definition) is 1. The normalized spacial score (nSPS) is 21.1. The lowest BCUT2D eigenvalue weighted by atomic mass is 10.1. The highest BCUT2D eigenvalue weighted by molar-refractivity contribution is 7.09. The molecule has 2 heterocycles. The molecule has 2 aromatic rings. The predicted molar refractivity (Wildman–Crippen MR) is 83.5 cm³/mol. The molecule has 4 nitrogen and oxygen atoms in total. The molecule has 1 amide bonds. The molecular formula is C16H17N3OS. The molecule has 1 aromatic carbocycles. The van der Waals surface area contributed by atoms with E-state index in [9.17, 15) is 4.79 Å². The van der Waals surface area contributed by atoms with Gasteiger partial charge in [0.2, 0.25) is 0 Å². The second kappa shape index (κ2) is 4.84. The minimum absolute atomic E-state index is 0.128. The summed E-state index contributed by atoms with van der Waals surface area (Å²) in [5.74, 6) is 0.128. The fourth-order valence-electron chi connectivity index (χ4n) is 2.83. The van der Waals surface area contributed by atoms with Crippen LogP contribution in [0.1, 0.15) is 47.0 Å². The molecule has 1 saturated carbocycles. The number of rotatable bonds is 3. The first kappa shape index (κ1) is 12.8. The quantitative estimate of drug-likeness (QED) is 0.944. The summed E-state index contributed by atoms with van der Waals surface area (Å²) in [6, 6.07) is 8.10. The van der Waals surface area contributed by atoms with Crippen molar-refractivity contribution >= 4 is 22.9 Å². The Hall–Kier alpha value is -1.88. The van der Waals surface area contributed by atoms with E-state index in [1.807, 2.05) is 29.2 Å². The average molecular weight is 299 g/mol. The minimum atomic E-state index is -0.128. The molecular weight excluding hydrogens is 282 g/mol. The SMILES string of the molecule is CCc1nc(C2Nc3ccccc3C(=O)N2C2CC2)cs1. The smallest absolute Gasteiger partial charge is 0.258 e. The molecule has 108 valence electrons. The monoisotopic (exact) mass is 299 g/mol. The van der Waals surface area contributed by atoms with Gasteiger partial charge in [-0.15, -0.1) is 11.3 Å². The topological polar surface area (TPSA) is 45.2 Å². The van der Waals surface area contributed by atoms with Crippen molar-refractivity contribution in [2.24, 2.45) is 0 Å². The molecule has 1 aromatic heterocycles. The van der Waals surface area contributed by atoms with Crippen LogP contribution in [0, 0.1) is 0 Å². The van der Waals surface area contributed by atoms with Gasteiger partial charge in [-0.3, -0.25) is 4.79 Å². The lowest BCUT2D eigenvalue weighted by Gasteiger charge is -2.37. The van der Waals surface area contributed by atoms with E-state index in [2.05, 4.69) is 22.6 Å². The lowest BCUT2D eigenvalue weighted by Crippen LogP contribution is -2.44. The van der Waals surface area contributed by atoms with Crippen LogP contribution in [0.25, 0.3) is 0 Å². The van der Waals surface area contributed by atoms with Crippen LogP contribution in [-0.2, 0) is 6.42 Å². The molecule has 0 spiro atoms. The Bertz CT molecular complexity index is 692. The summed E-state index contributed by atoms with van der Waals surface area (Å²) in [5, 5.41) is 6.70. The van der Waals surface area contributed by atoms with Crippen molar-refractivity contribution in [3.05, 3.63) is 45.9 Å². The Morgan fingerprint density at radius 3 is 2.90 bits per heavy atom. The Morgan fingerprint density at radius 2 is 2.19 bits per heavy atom. The molecule has 5 heteroatoms. The van der Waals surface area contributed by atoms with E-state index in [0.29, 0.717) is 6.04 Å². The maximum Gasteiger partial charge on any atom is 0.258 e. The van der Waals surface area contributed by atoms with Gasteiger partial charge < -0.3 is 10.2 Å². The van der Waals surface area contributed by atoms with Crippen molar-refractivity contribution in [3.8, 4) is 0 Å². The summed E-state index contributed by atoms with van der Waals surface area (Å²) in [4.78, 5) is 19.5. The van der Waals surface area contributed by atoms with E-state index in [4.69, 9.17) is 0 Å². The fourth-order valence-corrected chi connectivity index (χ4v) is 3.59. The van der Waals surface area contributed by atoms with E-state index in [-0.39, 0.29) is 12.1 Å². The number of para-hydroxylation sites is 1. The number of anilines is 1. The molecule has 4 rings (SSSR count). The molecule has 1 aliphatic carbocycles. The first-order valence-corrected chi connectivity index (χ1v) is 8.28. The van der Waals surface area contributed by atoms with Crippen LogP contribution in [0.4, 0.5) is 5.69 Å². The molecule has 1 fully saturated rings. The lowest BCUT2D eigenvalue weighted by molar-refractivity contribution is 0.0663. The minimum Gasteiger partial charge on any atom is -0.359 e. The number of hydrogen-bond acceptors (Lipinski definition) is 4. The summed E-state index contributed by atoms with van der Waals surface area (Å²) in [7, 11) is 0. The van der Waals surface area contributed by atoms with E-state index in [1.165, 1.54) is 0 Å². The third-order valence-electron chi connectivity index (χ3n) is 4.05. The summed E-state index contributed by atoms with van der Waals surface area (Å²) in [6.07, 6.45) is 3.00. The standard InChI is InChI=1S/C16H17N3OS/c1-2-14-17-13(9-21-14)15-18-12-6-4-3-5-11(12)16(20)19(15)10-7-8-10/h3-6,9-10,15,18H,2,7-8H2,1H3. The van der Waals surface area contributed by atoms with Crippen LogP contribution < -0.4 is 5.32 Å². The van der Waals surface area contributed by atoms with Crippen molar-refractivity contribution in [1.29, 1.82) is 0 Å². The Labute approximate surface area is 127 Å². The van der Waals surface area contributed by atoms with E-state index in [0.717, 1.165) is 41.2 Å². The van der Waals surface area contributed by atoms with Gasteiger partial charge >= 0.3 is 0 Å². The molecule has 1 aliphatic heterocycles. The van der Waals surface area contributed by atoms with Gasteiger partial charge in [0.15, 0.2) is 0 Å². The number of aromatic nitrogens is 1. The molecule has 0 bridgehead atoms. The van der Waals surface area contributed by atoms with Gasteiger partial charge in [0, 0.05) is 17.1 Å². The zero-order valence-corrected chi connectivity index (χ0v) is 12.7. The van der Waals surface area contributed by atoms with Crippen LogP contribution in [0.2, 0.25) is 0 Å². The van der Waals surface area contributed by atoms with E-state index < -0.39 is 0 Å². The van der Waals surface area contributed by atoms with Gasteiger partial charge in [-0.25, -0.2) is 4.98 Å². The maximum atomic E-state index is 12.8. The predicted octanol–water partition coefficient (Wildman–Crippen LogP) is 3.43. The Morgan fingerprint density at radius 1 is 1.38 bits per heavy atom. The Kier molecular flexibility index (Phi) is 2.96. The number of fused-ring (bicyclic) bond motifs is 1. The first-order chi connectivity index (χ1) is 10.3. The van der Waals surface area contributed by atoms with Gasteiger partial charge in [0.05, 0.1) is 16.3 Å². The molecule has 0 saturated heterocycles. The summed E-state index contributed by atoms with van der Waals surface area (Å²) < 4.78 is 0. The zero-order chi connectivity index (χ0) is 14.4. The molecule has 1 N–H and O–H groups in total. The van der Waals surface area contributed by atoms with Gasteiger partial charge in [-0.05, 0) is 31.4 Å². The largest absolute Gasteiger partial charge is 0.359 e. The van der Waals surface area contributed by atoms with Crippen molar-refractivity contribution in [2.75, 3.05) is 5.32 Å². The van der Waals surface area contributed by atoms with Gasteiger partial charge in [0.25, 0.3) is 5.91 Å². The van der Waals surface area contributed by atoms with Gasteiger partial charge in [-0.2, -0.15) is 0 Å². The molecule has 2 aliphatic rings. The average Bonchev–Trinajstić information content (AvgIpc) is 3.23. The number of nitrogens with zero attached hydrogens (tertiary/aromatic N) is 2. The van der Waals surface area contributed by atoms with Crippen molar-refractivity contribution in [2.45, 2.75) is 38.4 Å². The fraction of sp³-hybridized carbons (Fsp3) is 0.375. The van der Waals surface area contributed by atoms with Crippen molar-refractivity contribution in [3.63, 3.8) is 0 Å². The van der Waals surface area contributed by atoms with Crippen LogP contribution in [0.15, 0.2) is 29.6 Å². The second-order valence-electron chi connectivity index (χ2n) is 5.56. The van der Waals surface area contributed by atoms with E-state index >= 15 is 0 Å². The van der Waals surface area contributed by atoms with Crippen molar-refractivity contribution < 1.29 is 4.79 Å². The number of carbonyl (C=O) groups excluding carboxylic acids is 1. The number of amides is 1. The van der Waals surface area contributed by atoms with Crippen LogP contribution in [-0.4, -0.2) is 21.8 Å². The van der Waals surface area contributed by atoms with E-state index in [1.54, 1.807) is 11.3 Å². The highest BCUT2D eigenvalue weighted by atomic mass is 32.1. The highest BCUT2D eigenvalue weighted by Crippen LogP contribution is 2.40. The molecule has 1 unspecified atom stereocenters. The number of carbonyl (C=O) groups is 1. The molecule has 1 atom stereocenters. The third-order valence-corrected chi connectivity index (χ3v) is 5.07. The van der Waals surface area contributed by atoms with Crippen LogP contribution in [0.5, 0.6) is 0 Å². The first-order valence-electron chi connectivity index (χ1n) is 7.40. The summed E-state index contributed by atoms with van der Waals surface area (Å²) in [6.45, 7) is 2.11. The van der Waals surface area contributed by atoms with Crippen LogP contribution in [0.3, 0.4) is 0 Å². The molecule has 21 heavy (non-hydrogen) atoms. The van der Waals surface area contributed by atoms with Crippen molar-refractivity contribution in [1.82, 2.24) is 9.88 Å². The highest BCUT2D eigenvalue weighted by Gasteiger charge is 2.42. The van der Waals surface area contributed by atoms with Gasteiger partial charge in [0.1, 0.15) is 6.17 Å². The second-order valence-corrected chi connectivity index (χ2v) is 6.50. The molecule has 0 radical (unpaired) electrons. The Balaban J connectivity index is 1.76. The number of aryl methyl sites for hydroxylation is 1.